The largest absolute Gasteiger partial charge is 0.463 e. The Morgan fingerprint density at radius 3 is 2.67 bits per heavy atom. The lowest BCUT2D eigenvalue weighted by molar-refractivity contribution is -0.120. The molecule has 2 aliphatic rings. The number of hydrogen-bond acceptors (Lipinski definition) is 6. The Balaban J connectivity index is 1.38. The molecule has 0 N–H and O–H groups in total. The maximum atomic E-state index is 16.5. The summed E-state index contributed by atoms with van der Waals surface area (Å²) in [5.41, 5.74) is 0.966. The summed E-state index contributed by atoms with van der Waals surface area (Å²) in [5, 5.41) is 2.49. The molecule has 6 rings (SSSR count). The molecule has 0 radical (unpaired) electrons. The predicted molar refractivity (Wildman–Crippen MR) is 158 cm³/mol. The Hall–Kier alpha value is -3.63. The summed E-state index contributed by atoms with van der Waals surface area (Å²) in [6, 6.07) is 15.0. The fourth-order valence-electron chi connectivity index (χ4n) is 5.93. The maximum absolute atomic E-state index is 16.5. The van der Waals surface area contributed by atoms with Gasteiger partial charge in [0.15, 0.2) is 5.82 Å². The normalized spacial score (nSPS) is 19.1. The summed E-state index contributed by atoms with van der Waals surface area (Å²) in [5.74, 6) is -2.76. The molecule has 7 nitrogen and oxygen atoms in total. The number of amides is 1. The number of halogens is 4. The number of likely N-dealkylation sites (tertiary alicyclic amines) is 1. The zero-order chi connectivity index (χ0) is 29.4. The lowest BCUT2D eigenvalue weighted by atomic mass is 9.96. The van der Waals surface area contributed by atoms with E-state index in [2.05, 4.69) is 9.97 Å². The minimum absolute atomic E-state index is 0.000172. The molecule has 2 saturated heterocycles. The van der Waals surface area contributed by atoms with Crippen LogP contribution >= 0.6 is 11.6 Å². The second-order valence-corrected chi connectivity index (χ2v) is 11.4. The quantitative estimate of drug-likeness (QED) is 0.183. The number of rotatable bonds is 8. The number of carbonyl (C=O) groups excluding carboxylic acids is 1. The third-order valence-corrected chi connectivity index (χ3v) is 8.41. The van der Waals surface area contributed by atoms with E-state index in [1.165, 1.54) is 0 Å². The summed E-state index contributed by atoms with van der Waals surface area (Å²) in [4.78, 5) is 26.0. The lowest BCUT2D eigenvalue weighted by Crippen LogP contribution is -2.51. The van der Waals surface area contributed by atoms with Crippen LogP contribution in [0.2, 0.25) is 5.02 Å². The molecule has 3 heterocycles. The highest BCUT2D eigenvalue weighted by molar-refractivity contribution is 6.35. The van der Waals surface area contributed by atoms with Crippen molar-refractivity contribution in [3.63, 3.8) is 0 Å². The average Bonchev–Trinajstić information content (AvgIpc) is 3.33. The highest BCUT2D eigenvalue weighted by Crippen LogP contribution is 2.41. The van der Waals surface area contributed by atoms with Crippen LogP contribution in [0, 0.1) is 5.82 Å². The van der Waals surface area contributed by atoms with Crippen molar-refractivity contribution in [3.05, 3.63) is 59.4 Å². The minimum atomic E-state index is -2.65. The number of hydrogen-bond donors (Lipinski definition) is 0. The van der Waals surface area contributed by atoms with E-state index in [0.717, 1.165) is 17.2 Å². The first-order valence-corrected chi connectivity index (χ1v) is 14.5. The van der Waals surface area contributed by atoms with E-state index < -0.39 is 11.7 Å². The van der Waals surface area contributed by atoms with Gasteiger partial charge in [0.05, 0.1) is 18.2 Å². The number of benzene rings is 3. The zero-order valence-corrected chi connectivity index (χ0v) is 24.0. The van der Waals surface area contributed by atoms with E-state index in [9.17, 15) is 13.6 Å². The third-order valence-electron chi connectivity index (χ3n) is 8.11. The van der Waals surface area contributed by atoms with E-state index in [1.807, 2.05) is 54.3 Å². The molecule has 2 aliphatic heterocycles. The number of carbonyl (C=O) groups is 1. The standard InChI is InChI=1S/C31H31ClF3N5O2/c1-20-17-39(13-14-40(20)19-41)29-24-16-25(32)26(23-9-4-7-21-6-2-3-8-22(21)23)27(33)28(24)36-30(37-29)42-15-5-11-38-12-10-31(34,35)18-38/h2-4,6-9,16,19-20H,5,10-15,17-18H2,1H3. The van der Waals surface area contributed by atoms with Gasteiger partial charge >= 0.3 is 6.01 Å². The fraction of sp³-hybridized carbons (Fsp3) is 0.387. The monoisotopic (exact) mass is 597 g/mol. The summed E-state index contributed by atoms with van der Waals surface area (Å²) in [7, 11) is 0. The van der Waals surface area contributed by atoms with E-state index >= 15 is 4.39 Å². The third kappa shape index (κ3) is 5.57. The van der Waals surface area contributed by atoms with Gasteiger partial charge < -0.3 is 14.5 Å². The molecule has 1 amide bonds. The number of fused-ring (bicyclic) bond motifs is 2. The lowest BCUT2D eigenvalue weighted by Gasteiger charge is -2.38. The van der Waals surface area contributed by atoms with Gasteiger partial charge in [0.2, 0.25) is 6.41 Å². The molecule has 0 spiro atoms. The van der Waals surface area contributed by atoms with E-state index in [0.29, 0.717) is 55.9 Å². The number of ether oxygens (including phenoxy) is 1. The maximum Gasteiger partial charge on any atom is 0.319 e. The van der Waals surface area contributed by atoms with Crippen molar-refractivity contribution >= 4 is 45.5 Å². The number of aromatic nitrogens is 2. The van der Waals surface area contributed by atoms with Gasteiger partial charge in [-0.2, -0.15) is 9.97 Å². The highest BCUT2D eigenvalue weighted by atomic mass is 35.5. The van der Waals surface area contributed by atoms with Gasteiger partial charge in [-0.25, -0.2) is 13.2 Å². The number of alkyl halides is 2. The molecule has 1 aromatic heterocycles. The van der Waals surface area contributed by atoms with Crippen LogP contribution in [0.3, 0.4) is 0 Å². The second-order valence-electron chi connectivity index (χ2n) is 11.0. The Labute approximate surface area is 246 Å². The van der Waals surface area contributed by atoms with Crippen molar-refractivity contribution in [3.8, 4) is 17.1 Å². The molecule has 220 valence electrons. The van der Waals surface area contributed by atoms with Crippen molar-refractivity contribution in [2.45, 2.75) is 31.7 Å². The number of piperazine rings is 1. The summed E-state index contributed by atoms with van der Waals surface area (Å²) in [6.07, 6.45) is 1.19. The van der Waals surface area contributed by atoms with Crippen LogP contribution < -0.4 is 9.64 Å². The van der Waals surface area contributed by atoms with Gasteiger partial charge in [-0.15, -0.1) is 0 Å². The Kier molecular flexibility index (Phi) is 7.85. The van der Waals surface area contributed by atoms with E-state index in [-0.39, 0.29) is 47.7 Å². The first-order chi connectivity index (χ1) is 20.2. The van der Waals surface area contributed by atoms with Gasteiger partial charge in [0.25, 0.3) is 5.92 Å². The molecule has 0 saturated carbocycles. The molecule has 11 heteroatoms. The van der Waals surface area contributed by atoms with Crippen molar-refractivity contribution in [1.82, 2.24) is 19.8 Å². The van der Waals surface area contributed by atoms with Gasteiger partial charge in [-0.1, -0.05) is 54.1 Å². The first-order valence-electron chi connectivity index (χ1n) is 14.1. The zero-order valence-electron chi connectivity index (χ0n) is 23.2. The molecule has 0 bridgehead atoms. The number of nitrogens with zero attached hydrogens (tertiary/aromatic N) is 5. The van der Waals surface area contributed by atoms with Gasteiger partial charge in [0.1, 0.15) is 11.3 Å². The Morgan fingerprint density at radius 1 is 1.10 bits per heavy atom. The smallest absolute Gasteiger partial charge is 0.319 e. The first kappa shape index (κ1) is 28.5. The molecule has 3 aromatic carbocycles. The molecule has 0 aliphatic carbocycles. The molecule has 1 atom stereocenters. The topological polar surface area (TPSA) is 61.8 Å². The average molecular weight is 598 g/mol. The second kappa shape index (κ2) is 11.6. The van der Waals surface area contributed by atoms with Crippen LogP contribution in [-0.4, -0.2) is 84.0 Å². The molecular formula is C31H31ClF3N5O2. The van der Waals surface area contributed by atoms with E-state index in [4.69, 9.17) is 16.3 Å². The summed E-state index contributed by atoms with van der Waals surface area (Å²) in [6.45, 7) is 4.13. The van der Waals surface area contributed by atoms with Crippen LogP contribution in [0.5, 0.6) is 6.01 Å². The van der Waals surface area contributed by atoms with E-state index in [1.54, 1.807) is 15.9 Å². The summed E-state index contributed by atoms with van der Waals surface area (Å²) < 4.78 is 49.6. The van der Waals surface area contributed by atoms with Gasteiger partial charge in [-0.05, 0) is 35.7 Å². The van der Waals surface area contributed by atoms with Crippen LogP contribution in [0.4, 0.5) is 19.0 Å². The van der Waals surface area contributed by atoms with Crippen molar-refractivity contribution in [2.24, 2.45) is 0 Å². The molecule has 42 heavy (non-hydrogen) atoms. The summed E-state index contributed by atoms with van der Waals surface area (Å²) >= 11 is 6.80. The Morgan fingerprint density at radius 2 is 1.90 bits per heavy atom. The predicted octanol–water partition coefficient (Wildman–Crippen LogP) is 6.02. The van der Waals surface area contributed by atoms with Gasteiger partial charge in [0, 0.05) is 56.1 Å². The molecule has 2 fully saturated rings. The van der Waals surface area contributed by atoms with Crippen LogP contribution in [0.25, 0.3) is 32.8 Å². The highest BCUT2D eigenvalue weighted by Gasteiger charge is 2.37. The fourth-order valence-corrected chi connectivity index (χ4v) is 6.22. The molecule has 1 unspecified atom stereocenters. The van der Waals surface area contributed by atoms with Crippen LogP contribution in [-0.2, 0) is 4.79 Å². The van der Waals surface area contributed by atoms with Gasteiger partial charge in [-0.3, -0.25) is 9.69 Å². The van der Waals surface area contributed by atoms with Crippen molar-refractivity contribution in [1.29, 1.82) is 0 Å². The van der Waals surface area contributed by atoms with Crippen LogP contribution in [0.1, 0.15) is 19.8 Å². The number of anilines is 1. The molecular weight excluding hydrogens is 567 g/mol. The Bertz CT molecular complexity index is 1630. The van der Waals surface area contributed by atoms with Crippen molar-refractivity contribution < 1.29 is 22.7 Å². The minimum Gasteiger partial charge on any atom is -0.463 e. The molecule has 4 aromatic rings. The SMILES string of the molecule is CC1CN(c2nc(OCCCN3CCC(F)(F)C3)nc3c(F)c(-c4cccc5ccccc45)c(Cl)cc23)CCN1C=O. The van der Waals surface area contributed by atoms with Crippen LogP contribution in [0.15, 0.2) is 48.5 Å². The van der Waals surface area contributed by atoms with Crippen molar-refractivity contribution in [2.75, 3.05) is 50.8 Å².